The van der Waals surface area contributed by atoms with Crippen molar-refractivity contribution in [2.45, 2.75) is 38.0 Å². The van der Waals surface area contributed by atoms with Crippen LogP contribution in [0.4, 0.5) is 18.9 Å². The molecule has 2 fully saturated rings. The first-order valence-electron chi connectivity index (χ1n) is 10.5. The summed E-state index contributed by atoms with van der Waals surface area (Å²) in [5.74, 6) is -2.08. The summed E-state index contributed by atoms with van der Waals surface area (Å²) in [6.07, 6.45) is -3.61. The van der Waals surface area contributed by atoms with Crippen LogP contribution in [0.3, 0.4) is 0 Å². The molecule has 0 aliphatic carbocycles. The second-order valence-corrected chi connectivity index (χ2v) is 9.36. The predicted octanol–water partition coefficient (Wildman–Crippen LogP) is 2.03. The number of amides is 3. The van der Waals surface area contributed by atoms with E-state index in [-0.39, 0.29) is 30.9 Å². The van der Waals surface area contributed by atoms with Gasteiger partial charge in [0.2, 0.25) is 11.8 Å². The third-order valence-electron chi connectivity index (χ3n) is 6.46. The average molecular weight is 517 g/mol. The highest BCUT2D eigenvalue weighted by Crippen LogP contribution is 2.34. The first kappa shape index (κ1) is 23.0. The van der Waals surface area contributed by atoms with Crippen molar-refractivity contribution in [3.8, 4) is 0 Å². The molecular weight excluding hydrogens is 493 g/mol. The molecule has 7 nitrogen and oxygen atoms in total. The van der Waals surface area contributed by atoms with E-state index in [2.05, 4.69) is 15.9 Å². The summed E-state index contributed by atoms with van der Waals surface area (Å²) in [5, 5.41) is 0. The van der Waals surface area contributed by atoms with Gasteiger partial charge in [0, 0.05) is 62.4 Å². The number of halogens is 4. The van der Waals surface area contributed by atoms with Crippen LogP contribution in [-0.2, 0) is 20.8 Å². The van der Waals surface area contributed by atoms with Gasteiger partial charge in [-0.3, -0.25) is 24.2 Å². The average Bonchev–Trinajstić information content (AvgIpc) is 2.70. The van der Waals surface area contributed by atoms with E-state index in [1.807, 2.05) is 23.1 Å². The maximum atomic E-state index is 13.2. The maximum absolute atomic E-state index is 13.2. The van der Waals surface area contributed by atoms with Crippen molar-refractivity contribution in [3.05, 3.63) is 28.2 Å². The zero-order chi connectivity index (χ0) is 23.2. The Kier molecular flexibility index (Phi) is 6.23. The van der Waals surface area contributed by atoms with E-state index in [0.717, 1.165) is 20.6 Å². The Bertz CT molecular complexity index is 927. The highest BCUT2D eigenvalue weighted by atomic mass is 79.9. The number of rotatable bonds is 2. The summed E-state index contributed by atoms with van der Waals surface area (Å²) in [4.78, 5) is 43.1. The number of hydrogen-bond donors (Lipinski definition) is 0. The molecule has 2 saturated heterocycles. The molecule has 32 heavy (non-hydrogen) atoms. The van der Waals surface area contributed by atoms with Crippen LogP contribution in [0.15, 0.2) is 22.7 Å². The second-order valence-electron chi connectivity index (χ2n) is 8.44. The fourth-order valence-corrected chi connectivity index (χ4v) is 5.16. The predicted molar refractivity (Wildman–Crippen MR) is 114 cm³/mol. The Labute approximate surface area is 192 Å². The summed E-state index contributed by atoms with van der Waals surface area (Å²) in [5.41, 5.74) is 1.78. The van der Waals surface area contributed by atoms with Gasteiger partial charge in [0.05, 0.1) is 0 Å². The van der Waals surface area contributed by atoms with Gasteiger partial charge in [-0.25, -0.2) is 0 Å². The van der Waals surface area contributed by atoms with Crippen LogP contribution in [0, 0.1) is 0 Å². The normalized spacial score (nSPS) is 22.4. The summed E-state index contributed by atoms with van der Waals surface area (Å²) in [6, 6.07) is 5.17. The summed E-state index contributed by atoms with van der Waals surface area (Å²) >= 11 is 3.44. The molecule has 3 aliphatic heterocycles. The quantitative estimate of drug-likeness (QED) is 0.603. The van der Waals surface area contributed by atoms with E-state index in [9.17, 15) is 27.6 Å². The van der Waals surface area contributed by atoms with Crippen LogP contribution in [0.2, 0.25) is 0 Å². The number of alkyl halides is 3. The molecule has 0 aromatic heterocycles. The molecule has 0 bridgehead atoms. The molecule has 11 heteroatoms. The van der Waals surface area contributed by atoms with Crippen LogP contribution >= 0.6 is 15.9 Å². The summed E-state index contributed by atoms with van der Waals surface area (Å²) in [7, 11) is 0. The summed E-state index contributed by atoms with van der Waals surface area (Å²) in [6.45, 7) is 3.15. The van der Waals surface area contributed by atoms with Gasteiger partial charge in [-0.15, -0.1) is 0 Å². The number of nitrogens with zero attached hydrogens (tertiary/aromatic N) is 4. The first-order valence-corrected chi connectivity index (χ1v) is 11.3. The third-order valence-corrected chi connectivity index (χ3v) is 6.95. The van der Waals surface area contributed by atoms with Crippen LogP contribution in [-0.4, -0.2) is 89.9 Å². The largest absolute Gasteiger partial charge is 0.471 e. The SMILES string of the molecule is CC(=O)N1c2ccc(Br)cc2CCC1C(=O)N1CC(N2CCN(C(=O)C(F)(F)F)CC2)C1. The van der Waals surface area contributed by atoms with E-state index in [0.29, 0.717) is 39.0 Å². The molecule has 0 N–H and O–H groups in total. The lowest BCUT2D eigenvalue weighted by molar-refractivity contribution is -0.187. The number of carbonyl (C=O) groups is 3. The minimum absolute atomic E-state index is 0.0237. The van der Waals surface area contributed by atoms with E-state index < -0.39 is 18.1 Å². The minimum Gasteiger partial charge on any atom is -0.338 e. The molecule has 0 spiro atoms. The number of aryl methyl sites for hydroxylation is 1. The van der Waals surface area contributed by atoms with Crippen molar-refractivity contribution in [2.24, 2.45) is 0 Å². The molecule has 1 atom stereocenters. The van der Waals surface area contributed by atoms with E-state index >= 15 is 0 Å². The number of hydrogen-bond acceptors (Lipinski definition) is 4. The molecule has 3 aliphatic rings. The lowest BCUT2D eigenvalue weighted by Gasteiger charge is -2.50. The standard InChI is InChI=1S/C21H24BrF3N4O3/c1-13(30)29-17-5-3-15(22)10-14(17)2-4-18(29)19(31)28-11-16(12-28)26-6-8-27(9-7-26)20(32)21(23,24)25/h3,5,10,16,18H,2,4,6-9,11-12H2,1H3. The molecule has 0 saturated carbocycles. The van der Waals surface area contributed by atoms with Crippen LogP contribution in [0.1, 0.15) is 18.9 Å². The Morgan fingerprint density at radius 2 is 1.69 bits per heavy atom. The highest BCUT2D eigenvalue weighted by molar-refractivity contribution is 9.10. The van der Waals surface area contributed by atoms with Crippen molar-refractivity contribution in [1.82, 2.24) is 14.7 Å². The van der Waals surface area contributed by atoms with Crippen molar-refractivity contribution >= 4 is 39.3 Å². The molecule has 1 aromatic rings. The Morgan fingerprint density at radius 1 is 1.03 bits per heavy atom. The molecule has 4 rings (SSSR count). The van der Waals surface area contributed by atoms with Crippen LogP contribution in [0.25, 0.3) is 0 Å². The Hall–Kier alpha value is -2.14. The zero-order valence-corrected chi connectivity index (χ0v) is 19.2. The first-order chi connectivity index (χ1) is 15.1. The maximum Gasteiger partial charge on any atom is 0.471 e. The zero-order valence-electron chi connectivity index (χ0n) is 17.6. The molecule has 174 valence electrons. The van der Waals surface area contributed by atoms with Gasteiger partial charge < -0.3 is 9.80 Å². The van der Waals surface area contributed by atoms with Crippen molar-refractivity contribution in [1.29, 1.82) is 0 Å². The molecule has 1 unspecified atom stereocenters. The van der Waals surface area contributed by atoms with Crippen molar-refractivity contribution < 1.29 is 27.6 Å². The van der Waals surface area contributed by atoms with Gasteiger partial charge in [0.25, 0.3) is 0 Å². The molecule has 1 aromatic carbocycles. The van der Waals surface area contributed by atoms with Crippen molar-refractivity contribution in [2.75, 3.05) is 44.2 Å². The molecule has 3 heterocycles. The van der Waals surface area contributed by atoms with Gasteiger partial charge in [-0.1, -0.05) is 15.9 Å². The Balaban J connectivity index is 1.34. The lowest BCUT2D eigenvalue weighted by atomic mass is 9.93. The number of piperazine rings is 1. The van der Waals surface area contributed by atoms with E-state index in [1.165, 1.54) is 6.92 Å². The fourth-order valence-electron chi connectivity index (χ4n) is 4.75. The van der Waals surface area contributed by atoms with Gasteiger partial charge >= 0.3 is 12.1 Å². The number of carbonyl (C=O) groups excluding carboxylic acids is 3. The molecule has 3 amide bonds. The van der Waals surface area contributed by atoms with E-state index in [1.54, 1.807) is 9.80 Å². The van der Waals surface area contributed by atoms with Crippen LogP contribution < -0.4 is 4.90 Å². The van der Waals surface area contributed by atoms with Gasteiger partial charge in [-0.2, -0.15) is 13.2 Å². The topological polar surface area (TPSA) is 64.2 Å². The minimum atomic E-state index is -4.85. The van der Waals surface area contributed by atoms with Crippen LogP contribution in [0.5, 0.6) is 0 Å². The van der Waals surface area contributed by atoms with Gasteiger partial charge in [0.15, 0.2) is 0 Å². The smallest absolute Gasteiger partial charge is 0.338 e. The van der Waals surface area contributed by atoms with E-state index in [4.69, 9.17) is 0 Å². The molecule has 0 radical (unpaired) electrons. The number of anilines is 1. The fraction of sp³-hybridized carbons (Fsp3) is 0.571. The van der Waals surface area contributed by atoms with Crippen molar-refractivity contribution in [3.63, 3.8) is 0 Å². The third kappa shape index (κ3) is 4.36. The summed E-state index contributed by atoms with van der Waals surface area (Å²) < 4.78 is 38.7. The molecular formula is C21H24BrF3N4O3. The lowest BCUT2D eigenvalue weighted by Crippen LogP contribution is -2.67. The second kappa shape index (κ2) is 8.66. The number of fused-ring (bicyclic) bond motifs is 1. The Morgan fingerprint density at radius 3 is 2.28 bits per heavy atom. The number of likely N-dealkylation sites (tertiary alicyclic amines) is 1. The number of benzene rings is 1. The monoisotopic (exact) mass is 516 g/mol. The highest BCUT2D eigenvalue weighted by Gasteiger charge is 2.45. The van der Waals surface area contributed by atoms with Gasteiger partial charge in [-0.05, 0) is 36.6 Å². The van der Waals surface area contributed by atoms with Gasteiger partial charge in [0.1, 0.15) is 6.04 Å².